The number of anilines is 1. The van der Waals surface area contributed by atoms with Gasteiger partial charge in [-0.05, 0) is 56.0 Å². The van der Waals surface area contributed by atoms with Crippen LogP contribution < -0.4 is 10.0 Å². The van der Waals surface area contributed by atoms with E-state index in [2.05, 4.69) is 5.32 Å². The fourth-order valence-electron chi connectivity index (χ4n) is 3.56. The summed E-state index contributed by atoms with van der Waals surface area (Å²) < 4.78 is 32.5. The third-order valence-electron chi connectivity index (χ3n) is 5.32. The van der Waals surface area contributed by atoms with Crippen LogP contribution in [-0.4, -0.2) is 32.9 Å². The number of nitrogens with one attached hydrogen (secondary N) is 1. The fraction of sp³-hybridized carbons (Fsp3) is 0.421. The second-order valence-electron chi connectivity index (χ2n) is 7.13. The fourth-order valence-corrected chi connectivity index (χ4v) is 5.77. The van der Waals surface area contributed by atoms with Crippen LogP contribution in [0.5, 0.6) is 0 Å². The number of hydrogen-bond donors (Lipinski definition) is 2. The Morgan fingerprint density at radius 2 is 1.78 bits per heavy atom. The zero-order valence-corrected chi connectivity index (χ0v) is 16.3. The molecule has 1 aliphatic heterocycles. The summed E-state index contributed by atoms with van der Waals surface area (Å²) in [4.78, 5) is 0.221. The molecule has 2 aromatic rings. The van der Waals surface area contributed by atoms with E-state index in [1.165, 1.54) is 18.3 Å². The van der Waals surface area contributed by atoms with E-state index in [4.69, 9.17) is 16.3 Å². The molecule has 1 aliphatic carbocycles. The summed E-state index contributed by atoms with van der Waals surface area (Å²) in [6.07, 6.45) is 4.31. The van der Waals surface area contributed by atoms with Gasteiger partial charge in [-0.1, -0.05) is 16.3 Å². The van der Waals surface area contributed by atoms with Crippen molar-refractivity contribution in [1.29, 1.82) is 0 Å². The molecule has 1 aromatic heterocycles. The van der Waals surface area contributed by atoms with Gasteiger partial charge < -0.3 is 9.94 Å². The maximum atomic E-state index is 13.6. The minimum Gasteiger partial charge on any atom is -0.381 e. The van der Waals surface area contributed by atoms with Gasteiger partial charge in [-0.15, -0.1) is 0 Å². The Morgan fingerprint density at radius 3 is 2.37 bits per heavy atom. The van der Waals surface area contributed by atoms with Gasteiger partial charge in [-0.25, -0.2) is 8.42 Å². The molecule has 2 heterocycles. The number of aromatic nitrogens is 1. The van der Waals surface area contributed by atoms with Crippen molar-refractivity contribution in [2.75, 3.05) is 18.5 Å². The molecular formula is C19H22ClN2O4S+. The predicted molar refractivity (Wildman–Crippen MR) is 101 cm³/mol. The summed E-state index contributed by atoms with van der Waals surface area (Å²) in [5.41, 5.74) is 0.560. The van der Waals surface area contributed by atoms with Crippen molar-refractivity contribution in [3.05, 3.63) is 53.2 Å². The molecule has 0 radical (unpaired) electrons. The largest absolute Gasteiger partial charge is 0.381 e. The third kappa shape index (κ3) is 3.39. The summed E-state index contributed by atoms with van der Waals surface area (Å²) in [6, 6.07) is 10.1. The SMILES string of the molecule is O=S(=O)(c1ccc(Cl)cc1)C1(c2ccc(NC3CC3)[n+](O)c2)CCOCC1. The van der Waals surface area contributed by atoms with Gasteiger partial charge in [0, 0.05) is 29.9 Å². The number of nitrogens with zero attached hydrogens (tertiary/aromatic N) is 1. The van der Waals surface area contributed by atoms with E-state index in [0.29, 0.717) is 48.5 Å². The summed E-state index contributed by atoms with van der Waals surface area (Å²) in [6.45, 7) is 0.695. The number of ether oxygens (including phenoxy) is 1. The monoisotopic (exact) mass is 409 g/mol. The molecule has 2 N–H and O–H groups in total. The Balaban J connectivity index is 1.78. The molecule has 144 valence electrons. The van der Waals surface area contributed by atoms with Crippen LogP contribution in [0.25, 0.3) is 0 Å². The summed E-state index contributed by atoms with van der Waals surface area (Å²) in [5, 5.41) is 14.1. The minimum atomic E-state index is -3.72. The Morgan fingerprint density at radius 1 is 1.11 bits per heavy atom. The quantitative estimate of drug-likeness (QED) is 0.586. The normalized spacial score (nSPS) is 19.6. The lowest BCUT2D eigenvalue weighted by Crippen LogP contribution is -2.44. The first kappa shape index (κ1) is 18.5. The van der Waals surface area contributed by atoms with Gasteiger partial charge in [-0.3, -0.25) is 5.32 Å². The van der Waals surface area contributed by atoms with Gasteiger partial charge in [0.15, 0.2) is 9.84 Å². The molecule has 1 saturated carbocycles. The lowest BCUT2D eigenvalue weighted by molar-refractivity contribution is -0.894. The average molecular weight is 410 g/mol. The van der Waals surface area contributed by atoms with Crippen LogP contribution in [0.4, 0.5) is 5.82 Å². The smallest absolute Gasteiger partial charge is 0.314 e. The molecule has 0 atom stereocenters. The highest BCUT2D eigenvalue weighted by atomic mass is 35.5. The molecule has 2 aliphatic rings. The van der Waals surface area contributed by atoms with Crippen molar-refractivity contribution in [2.45, 2.75) is 41.4 Å². The molecule has 8 heteroatoms. The van der Waals surface area contributed by atoms with Gasteiger partial charge in [0.1, 0.15) is 10.9 Å². The first-order chi connectivity index (χ1) is 12.9. The number of benzene rings is 1. The maximum absolute atomic E-state index is 13.6. The van der Waals surface area contributed by atoms with Crippen molar-refractivity contribution in [3.63, 3.8) is 0 Å². The molecule has 0 amide bonds. The van der Waals surface area contributed by atoms with Gasteiger partial charge in [0.25, 0.3) is 0 Å². The molecule has 2 fully saturated rings. The van der Waals surface area contributed by atoms with Crippen LogP contribution in [0.2, 0.25) is 5.02 Å². The molecule has 6 nitrogen and oxygen atoms in total. The highest BCUT2D eigenvalue weighted by molar-refractivity contribution is 7.92. The highest BCUT2D eigenvalue weighted by Gasteiger charge is 2.48. The molecule has 0 bridgehead atoms. The molecule has 1 saturated heterocycles. The topological polar surface area (TPSA) is 79.5 Å². The van der Waals surface area contributed by atoms with E-state index in [1.807, 2.05) is 0 Å². The Kier molecular flexibility index (Phi) is 4.78. The first-order valence-corrected chi connectivity index (χ1v) is 10.9. The molecule has 27 heavy (non-hydrogen) atoms. The van der Waals surface area contributed by atoms with Crippen molar-refractivity contribution in [2.24, 2.45) is 0 Å². The minimum absolute atomic E-state index is 0.221. The Bertz CT molecular complexity index is 937. The molecule has 1 aromatic carbocycles. The summed E-state index contributed by atoms with van der Waals surface area (Å²) >= 11 is 5.93. The molecule has 4 rings (SSSR count). The van der Waals surface area contributed by atoms with Crippen LogP contribution in [0.3, 0.4) is 0 Å². The van der Waals surface area contributed by atoms with Gasteiger partial charge in [-0.2, -0.15) is 0 Å². The number of pyridine rings is 1. The highest BCUT2D eigenvalue weighted by Crippen LogP contribution is 2.43. The molecule has 0 spiro atoms. The second-order valence-corrected chi connectivity index (χ2v) is 9.83. The zero-order valence-electron chi connectivity index (χ0n) is 14.8. The average Bonchev–Trinajstić information content (AvgIpc) is 3.48. The van der Waals surface area contributed by atoms with Crippen molar-refractivity contribution < 1.29 is 23.1 Å². The lowest BCUT2D eigenvalue weighted by atomic mass is 9.91. The summed E-state index contributed by atoms with van der Waals surface area (Å²) in [5.74, 6) is 0.562. The Labute approximate surface area is 163 Å². The van der Waals surface area contributed by atoms with E-state index in [1.54, 1.807) is 24.3 Å². The van der Waals surface area contributed by atoms with E-state index >= 15 is 0 Å². The van der Waals surface area contributed by atoms with Crippen LogP contribution in [0.15, 0.2) is 47.5 Å². The number of halogens is 1. The second kappa shape index (κ2) is 6.96. The lowest BCUT2D eigenvalue weighted by Gasteiger charge is -2.36. The molecule has 0 unspecified atom stereocenters. The molecular weight excluding hydrogens is 388 g/mol. The van der Waals surface area contributed by atoms with Gasteiger partial charge >= 0.3 is 5.82 Å². The zero-order chi connectivity index (χ0) is 19.1. The van der Waals surface area contributed by atoms with Crippen LogP contribution in [0.1, 0.15) is 31.2 Å². The van der Waals surface area contributed by atoms with Crippen LogP contribution >= 0.6 is 11.6 Å². The van der Waals surface area contributed by atoms with E-state index in [-0.39, 0.29) is 4.90 Å². The number of hydrogen-bond acceptors (Lipinski definition) is 5. The number of rotatable bonds is 5. The van der Waals surface area contributed by atoms with Crippen molar-refractivity contribution in [1.82, 2.24) is 0 Å². The van der Waals surface area contributed by atoms with Crippen molar-refractivity contribution >= 4 is 27.3 Å². The third-order valence-corrected chi connectivity index (χ3v) is 8.14. The van der Waals surface area contributed by atoms with E-state index in [9.17, 15) is 13.6 Å². The first-order valence-electron chi connectivity index (χ1n) is 9.02. The van der Waals surface area contributed by atoms with Gasteiger partial charge in [0.05, 0.1) is 10.9 Å². The maximum Gasteiger partial charge on any atom is 0.314 e. The number of sulfone groups is 1. The standard InChI is InChI=1S/C19H21ClN2O4S/c20-15-2-6-17(7-3-15)27(24,25)19(9-11-26-12-10-19)14-1-8-18(22(23)13-14)21-16-4-5-16/h1-3,6-8,13,16,23H,4-5,9-12H2/p+1. The van der Waals surface area contributed by atoms with Crippen molar-refractivity contribution in [3.8, 4) is 0 Å². The van der Waals surface area contributed by atoms with Crippen LogP contribution in [-0.2, 0) is 19.3 Å². The Hall–Kier alpha value is -1.83. The predicted octanol–water partition coefficient (Wildman–Crippen LogP) is 2.92. The van der Waals surface area contributed by atoms with Gasteiger partial charge in [0.2, 0.25) is 0 Å². The summed E-state index contributed by atoms with van der Waals surface area (Å²) in [7, 11) is -3.72. The van der Waals surface area contributed by atoms with Crippen LogP contribution in [0, 0.1) is 0 Å². The van der Waals surface area contributed by atoms with E-state index in [0.717, 1.165) is 17.6 Å². The van der Waals surface area contributed by atoms with E-state index < -0.39 is 14.6 Å².